The first-order valence-electron chi connectivity index (χ1n) is 5.05. The average Bonchev–Trinajstić information content (AvgIpc) is 2.20. The van der Waals surface area contributed by atoms with Gasteiger partial charge in [0.05, 0.1) is 4.92 Å². The van der Waals surface area contributed by atoms with Gasteiger partial charge in [0, 0.05) is 27.4 Å². The van der Waals surface area contributed by atoms with E-state index in [1.165, 1.54) is 6.07 Å². The lowest BCUT2D eigenvalue weighted by molar-refractivity contribution is -0.385. The number of hydrogen-bond donors (Lipinski definition) is 0. The number of nitro groups is 1. The minimum atomic E-state index is -0.359. The average molecular weight is 307 g/mol. The smallest absolute Gasteiger partial charge is 0.258 e. The zero-order chi connectivity index (χ0) is 12.3. The minimum Gasteiger partial charge on any atom is -0.258 e. The molecule has 1 aromatic carbocycles. The van der Waals surface area contributed by atoms with E-state index in [4.69, 9.17) is 11.6 Å². The van der Waals surface area contributed by atoms with E-state index in [0.717, 1.165) is 6.42 Å². The second-order valence-corrected chi connectivity index (χ2v) is 5.26. The Morgan fingerprint density at radius 3 is 2.62 bits per heavy atom. The summed E-state index contributed by atoms with van der Waals surface area (Å²) in [7, 11) is 0. The molecule has 3 nitrogen and oxygen atoms in total. The highest BCUT2D eigenvalue weighted by Crippen LogP contribution is 2.35. The molecule has 0 aliphatic heterocycles. The monoisotopic (exact) mass is 305 g/mol. The van der Waals surface area contributed by atoms with Crippen LogP contribution in [0.2, 0.25) is 0 Å². The Morgan fingerprint density at radius 1 is 1.56 bits per heavy atom. The number of alkyl halides is 1. The lowest BCUT2D eigenvalue weighted by Crippen LogP contribution is -2.10. The van der Waals surface area contributed by atoms with Crippen LogP contribution in [0.15, 0.2) is 22.7 Å². The molecule has 0 bridgehead atoms. The van der Waals surface area contributed by atoms with Crippen LogP contribution in [0.3, 0.4) is 0 Å². The Morgan fingerprint density at radius 2 is 2.19 bits per heavy atom. The second-order valence-electron chi connectivity index (χ2n) is 3.65. The summed E-state index contributed by atoms with van der Waals surface area (Å²) in [5, 5.41) is 10.8. The van der Waals surface area contributed by atoms with Crippen LogP contribution in [0.25, 0.3) is 0 Å². The molecule has 0 spiro atoms. The van der Waals surface area contributed by atoms with Gasteiger partial charge in [0.15, 0.2) is 0 Å². The zero-order valence-electron chi connectivity index (χ0n) is 9.11. The van der Waals surface area contributed by atoms with Crippen LogP contribution in [0.1, 0.15) is 31.7 Å². The predicted octanol–water partition coefficient (Wildman–Crippen LogP) is 4.48. The van der Waals surface area contributed by atoms with Gasteiger partial charge in [0.1, 0.15) is 0 Å². The van der Waals surface area contributed by atoms with Gasteiger partial charge in [-0.25, -0.2) is 0 Å². The fraction of sp³-hybridized carbons (Fsp3) is 0.455. The Labute approximate surface area is 108 Å². The van der Waals surface area contributed by atoms with E-state index >= 15 is 0 Å². The van der Waals surface area contributed by atoms with Crippen LogP contribution in [0.5, 0.6) is 0 Å². The van der Waals surface area contributed by atoms with E-state index in [0.29, 0.717) is 10.0 Å². The lowest BCUT2D eigenvalue weighted by Gasteiger charge is -2.17. The Bertz CT molecular complexity index is 396. The fourth-order valence-corrected chi connectivity index (χ4v) is 2.44. The van der Waals surface area contributed by atoms with Crippen LogP contribution in [0.4, 0.5) is 5.69 Å². The minimum absolute atomic E-state index is 0.00941. The molecule has 1 rings (SSSR count). The summed E-state index contributed by atoms with van der Waals surface area (Å²) in [5.74, 6) is 0.00941. The van der Waals surface area contributed by atoms with Crippen LogP contribution < -0.4 is 0 Å². The van der Waals surface area contributed by atoms with Crippen molar-refractivity contribution in [1.82, 2.24) is 0 Å². The normalized spacial score (nSPS) is 14.5. The van der Waals surface area contributed by atoms with Crippen LogP contribution in [0, 0.1) is 10.1 Å². The standard InChI is InChI=1S/C11H13BrClNO2/c1-3-9(7(2)13)10-5-4-8(12)6-11(10)14(15)16/h4-7,9H,3H2,1-2H3. The van der Waals surface area contributed by atoms with E-state index in [1.807, 2.05) is 19.9 Å². The van der Waals surface area contributed by atoms with E-state index < -0.39 is 0 Å². The molecule has 0 heterocycles. The zero-order valence-corrected chi connectivity index (χ0v) is 11.5. The molecule has 16 heavy (non-hydrogen) atoms. The van der Waals surface area contributed by atoms with Crippen molar-refractivity contribution in [3.05, 3.63) is 38.3 Å². The maximum absolute atomic E-state index is 11.0. The van der Waals surface area contributed by atoms with E-state index in [2.05, 4.69) is 15.9 Å². The largest absolute Gasteiger partial charge is 0.274 e. The third kappa shape index (κ3) is 2.95. The summed E-state index contributed by atoms with van der Waals surface area (Å²) in [6.07, 6.45) is 0.785. The van der Waals surface area contributed by atoms with Crippen molar-refractivity contribution in [3.8, 4) is 0 Å². The maximum Gasteiger partial charge on any atom is 0.274 e. The predicted molar refractivity (Wildman–Crippen MR) is 69.1 cm³/mol. The SMILES string of the molecule is CCC(c1ccc(Br)cc1[N+](=O)[O-])C(C)Cl. The molecule has 0 aromatic heterocycles. The first kappa shape index (κ1) is 13.5. The number of rotatable bonds is 4. The highest BCUT2D eigenvalue weighted by atomic mass is 79.9. The number of benzene rings is 1. The van der Waals surface area contributed by atoms with Gasteiger partial charge in [-0.05, 0) is 19.4 Å². The van der Waals surface area contributed by atoms with Crippen molar-refractivity contribution in [2.75, 3.05) is 0 Å². The van der Waals surface area contributed by atoms with Crippen LogP contribution in [-0.4, -0.2) is 10.3 Å². The topological polar surface area (TPSA) is 43.1 Å². The summed E-state index contributed by atoms with van der Waals surface area (Å²) in [4.78, 5) is 10.6. The Kier molecular flexibility index (Phi) is 4.74. The number of nitro benzene ring substituents is 1. The van der Waals surface area contributed by atoms with Gasteiger partial charge in [-0.2, -0.15) is 0 Å². The van der Waals surface area contributed by atoms with Gasteiger partial charge in [0.25, 0.3) is 5.69 Å². The van der Waals surface area contributed by atoms with E-state index in [-0.39, 0.29) is 21.9 Å². The number of halogens is 2. The summed E-state index contributed by atoms with van der Waals surface area (Å²) < 4.78 is 0.708. The molecular weight excluding hydrogens is 293 g/mol. The number of nitrogens with zero attached hydrogens (tertiary/aromatic N) is 1. The van der Waals surface area contributed by atoms with Gasteiger partial charge in [-0.3, -0.25) is 10.1 Å². The van der Waals surface area contributed by atoms with Crippen molar-refractivity contribution in [2.45, 2.75) is 31.6 Å². The Hall–Kier alpha value is -0.610. The quantitative estimate of drug-likeness (QED) is 0.467. The molecule has 0 fully saturated rings. The fourth-order valence-electron chi connectivity index (χ4n) is 1.78. The van der Waals surface area contributed by atoms with Crippen LogP contribution in [-0.2, 0) is 0 Å². The summed E-state index contributed by atoms with van der Waals surface area (Å²) in [6, 6.07) is 5.11. The Balaban J connectivity index is 3.26. The lowest BCUT2D eigenvalue weighted by atomic mass is 9.92. The molecule has 0 aliphatic carbocycles. The summed E-state index contributed by atoms with van der Waals surface area (Å²) >= 11 is 9.30. The summed E-state index contributed by atoms with van der Waals surface area (Å²) in [6.45, 7) is 3.84. The molecule has 0 amide bonds. The van der Waals surface area contributed by atoms with Gasteiger partial charge in [-0.1, -0.05) is 28.9 Å². The van der Waals surface area contributed by atoms with E-state index in [9.17, 15) is 10.1 Å². The molecule has 2 atom stereocenters. The molecule has 1 aromatic rings. The first-order valence-corrected chi connectivity index (χ1v) is 6.28. The molecule has 5 heteroatoms. The van der Waals surface area contributed by atoms with Crippen molar-refractivity contribution < 1.29 is 4.92 Å². The molecule has 0 aliphatic rings. The van der Waals surface area contributed by atoms with Crippen molar-refractivity contribution >= 4 is 33.2 Å². The summed E-state index contributed by atoms with van der Waals surface area (Å²) in [5.41, 5.74) is 0.840. The van der Waals surface area contributed by atoms with Crippen molar-refractivity contribution in [2.24, 2.45) is 0 Å². The van der Waals surface area contributed by atoms with Gasteiger partial charge in [-0.15, -0.1) is 11.6 Å². The van der Waals surface area contributed by atoms with Gasteiger partial charge in [0.2, 0.25) is 0 Å². The molecular formula is C11H13BrClNO2. The molecule has 0 saturated carbocycles. The molecule has 2 unspecified atom stereocenters. The molecule has 0 radical (unpaired) electrons. The first-order chi connectivity index (χ1) is 7.47. The molecule has 0 saturated heterocycles. The van der Waals surface area contributed by atoms with E-state index in [1.54, 1.807) is 6.07 Å². The molecule has 88 valence electrons. The number of hydrogen-bond acceptors (Lipinski definition) is 2. The third-order valence-corrected chi connectivity index (χ3v) is 3.38. The van der Waals surface area contributed by atoms with Gasteiger partial charge >= 0.3 is 0 Å². The maximum atomic E-state index is 11.0. The molecule has 0 N–H and O–H groups in total. The van der Waals surface area contributed by atoms with Gasteiger partial charge < -0.3 is 0 Å². The van der Waals surface area contributed by atoms with Crippen molar-refractivity contribution in [1.29, 1.82) is 0 Å². The third-order valence-electron chi connectivity index (χ3n) is 2.58. The second kappa shape index (κ2) is 5.64. The highest BCUT2D eigenvalue weighted by molar-refractivity contribution is 9.10. The van der Waals surface area contributed by atoms with Crippen LogP contribution >= 0.6 is 27.5 Å². The van der Waals surface area contributed by atoms with Crippen molar-refractivity contribution in [3.63, 3.8) is 0 Å². The highest BCUT2D eigenvalue weighted by Gasteiger charge is 2.24.